The molecule has 0 unspecified atom stereocenters. The van der Waals surface area contributed by atoms with Gasteiger partial charge in [-0.3, -0.25) is 0 Å². The lowest BCUT2D eigenvalue weighted by molar-refractivity contribution is -0.00831. The molecule has 2 fully saturated rings. The number of thiophene rings is 1. The summed E-state index contributed by atoms with van der Waals surface area (Å²) in [6.07, 6.45) is 1.82. The fraction of sp³-hybridized carbons (Fsp3) is 0.619. The summed E-state index contributed by atoms with van der Waals surface area (Å²) in [6.45, 7) is 8.35. The van der Waals surface area contributed by atoms with Crippen LogP contribution in [0, 0.1) is 17.3 Å². The summed E-state index contributed by atoms with van der Waals surface area (Å²) >= 11 is 1.17. The van der Waals surface area contributed by atoms with Gasteiger partial charge in [0.1, 0.15) is 11.0 Å². The molecule has 0 aromatic carbocycles. The third-order valence-corrected chi connectivity index (χ3v) is 5.77. The molecule has 0 spiro atoms. The Hall–Kier alpha value is -2.24. The first-order valence-electron chi connectivity index (χ1n) is 9.91. The van der Waals surface area contributed by atoms with Crippen LogP contribution in [0.25, 0.3) is 0 Å². The van der Waals surface area contributed by atoms with Crippen molar-refractivity contribution in [2.24, 2.45) is 5.41 Å². The van der Waals surface area contributed by atoms with Gasteiger partial charge in [0.15, 0.2) is 0 Å². The number of nitrogens with zero attached hydrogens (tertiary/aromatic N) is 1. The second-order valence-corrected chi connectivity index (χ2v) is 9.48. The van der Waals surface area contributed by atoms with Crippen molar-refractivity contribution in [3.63, 3.8) is 0 Å². The zero-order valence-corrected chi connectivity index (χ0v) is 17.9. The molecule has 1 atom stereocenters. The molecule has 0 aliphatic carbocycles. The lowest BCUT2D eigenvalue weighted by Crippen LogP contribution is -2.36. The summed E-state index contributed by atoms with van der Waals surface area (Å²) < 4.78 is 10.9. The molecule has 3 rings (SSSR count). The van der Waals surface area contributed by atoms with Gasteiger partial charge in [0, 0.05) is 37.4 Å². The molecule has 2 saturated heterocycles. The van der Waals surface area contributed by atoms with E-state index in [1.165, 1.54) is 11.3 Å². The summed E-state index contributed by atoms with van der Waals surface area (Å²) in [4.78, 5) is 26.7. The average Bonchev–Trinajstić information content (AvgIpc) is 3.28. The van der Waals surface area contributed by atoms with Crippen LogP contribution in [0.1, 0.15) is 54.6 Å². The number of likely N-dealkylation sites (tertiary alicyclic amines) is 1. The minimum absolute atomic E-state index is 0.0200. The number of carbonyl (C=O) groups is 2. The molecule has 0 saturated carbocycles. The van der Waals surface area contributed by atoms with Crippen LogP contribution in [0.3, 0.4) is 0 Å². The molecular formula is C21H28N2O5S. The van der Waals surface area contributed by atoms with Gasteiger partial charge in [0.2, 0.25) is 0 Å². The summed E-state index contributed by atoms with van der Waals surface area (Å²) in [5.74, 6) is 5.22. The molecule has 2 aliphatic heterocycles. The summed E-state index contributed by atoms with van der Waals surface area (Å²) in [5, 5.41) is 12.8. The SMILES string of the molecule is CC(C)(C)C#Cc1cc(N[C@H]2CCN(C(=O)OC3CCOCC3)C2)c(C(=O)O)s1. The Morgan fingerprint density at radius 3 is 2.69 bits per heavy atom. The third-order valence-electron chi connectivity index (χ3n) is 4.73. The van der Waals surface area contributed by atoms with E-state index >= 15 is 0 Å². The van der Waals surface area contributed by atoms with Crippen LogP contribution in [-0.4, -0.2) is 60.5 Å². The van der Waals surface area contributed by atoms with Gasteiger partial charge < -0.3 is 24.8 Å². The van der Waals surface area contributed by atoms with Crippen molar-refractivity contribution in [2.75, 3.05) is 31.6 Å². The standard InChI is InChI=1S/C21H28N2O5S/c1-21(2,3)8-4-16-12-17(18(29-16)19(24)25)22-14-5-9-23(13-14)20(26)28-15-6-10-27-11-7-15/h12,14-15,22H,5-7,9-11,13H2,1-3H3,(H,24,25)/t14-/m0/s1. The maximum Gasteiger partial charge on any atom is 0.410 e. The van der Waals surface area contributed by atoms with E-state index in [1.54, 1.807) is 11.0 Å². The number of ether oxygens (including phenoxy) is 2. The van der Waals surface area contributed by atoms with Crippen molar-refractivity contribution in [3.05, 3.63) is 15.8 Å². The fourth-order valence-electron chi connectivity index (χ4n) is 3.24. The first-order valence-corrected chi connectivity index (χ1v) is 10.7. The lowest BCUT2D eigenvalue weighted by atomic mass is 9.98. The van der Waals surface area contributed by atoms with Crippen LogP contribution in [0.4, 0.5) is 10.5 Å². The Kier molecular flexibility index (Phi) is 6.70. The topological polar surface area (TPSA) is 88.1 Å². The first kappa shape index (κ1) is 21.5. The maximum atomic E-state index is 12.4. The summed E-state index contributed by atoms with van der Waals surface area (Å²) in [5.41, 5.74) is 0.405. The van der Waals surface area contributed by atoms with Crippen molar-refractivity contribution in [2.45, 2.75) is 52.2 Å². The highest BCUT2D eigenvalue weighted by Crippen LogP contribution is 2.29. The van der Waals surface area contributed by atoms with Crippen molar-refractivity contribution < 1.29 is 24.2 Å². The molecule has 3 heterocycles. The monoisotopic (exact) mass is 420 g/mol. The van der Waals surface area contributed by atoms with E-state index < -0.39 is 5.97 Å². The smallest absolute Gasteiger partial charge is 0.410 e. The number of hydrogen-bond acceptors (Lipinski definition) is 6. The van der Waals surface area contributed by atoms with E-state index in [-0.39, 0.29) is 28.5 Å². The number of amides is 1. The van der Waals surface area contributed by atoms with Gasteiger partial charge in [0.05, 0.1) is 23.8 Å². The number of nitrogens with one attached hydrogen (secondary N) is 1. The van der Waals surface area contributed by atoms with Crippen LogP contribution in [-0.2, 0) is 9.47 Å². The van der Waals surface area contributed by atoms with Gasteiger partial charge in [-0.25, -0.2) is 9.59 Å². The molecule has 7 nitrogen and oxygen atoms in total. The van der Waals surface area contributed by atoms with E-state index in [0.717, 1.165) is 19.3 Å². The van der Waals surface area contributed by atoms with E-state index in [1.807, 2.05) is 20.8 Å². The van der Waals surface area contributed by atoms with Gasteiger partial charge in [-0.15, -0.1) is 11.3 Å². The molecule has 158 valence electrons. The van der Waals surface area contributed by atoms with E-state index in [9.17, 15) is 14.7 Å². The number of carboxylic acid groups (broad SMARTS) is 1. The largest absolute Gasteiger partial charge is 0.477 e. The Morgan fingerprint density at radius 2 is 2.03 bits per heavy atom. The number of aromatic carboxylic acids is 1. The molecule has 29 heavy (non-hydrogen) atoms. The second-order valence-electron chi connectivity index (χ2n) is 8.43. The Balaban J connectivity index is 1.61. The minimum Gasteiger partial charge on any atom is -0.477 e. The fourth-order valence-corrected chi connectivity index (χ4v) is 4.06. The number of carbonyl (C=O) groups excluding carboxylic acids is 1. The van der Waals surface area contributed by atoms with Crippen LogP contribution in [0.5, 0.6) is 0 Å². The third kappa shape index (κ3) is 6.12. The normalized spacial score (nSPS) is 20.1. The highest BCUT2D eigenvalue weighted by molar-refractivity contribution is 7.15. The number of rotatable bonds is 4. The number of carboxylic acids is 1. The van der Waals surface area contributed by atoms with Crippen molar-refractivity contribution >= 4 is 29.1 Å². The predicted molar refractivity (Wildman–Crippen MR) is 112 cm³/mol. The van der Waals surface area contributed by atoms with E-state index in [0.29, 0.717) is 36.9 Å². The van der Waals surface area contributed by atoms with E-state index in [2.05, 4.69) is 17.2 Å². The molecule has 2 aliphatic rings. The van der Waals surface area contributed by atoms with Crippen LogP contribution in [0.2, 0.25) is 0 Å². The molecule has 2 N–H and O–H groups in total. The molecule has 8 heteroatoms. The second kappa shape index (κ2) is 9.06. The van der Waals surface area contributed by atoms with Crippen molar-refractivity contribution in [3.8, 4) is 11.8 Å². The molecule has 0 radical (unpaired) electrons. The highest BCUT2D eigenvalue weighted by atomic mass is 32.1. The van der Waals surface area contributed by atoms with Gasteiger partial charge in [-0.1, -0.05) is 11.8 Å². The molecule has 1 aromatic heterocycles. The minimum atomic E-state index is -0.977. The van der Waals surface area contributed by atoms with Crippen LogP contribution in [0.15, 0.2) is 6.07 Å². The van der Waals surface area contributed by atoms with Crippen molar-refractivity contribution in [1.82, 2.24) is 4.90 Å². The first-order chi connectivity index (χ1) is 13.7. The van der Waals surface area contributed by atoms with Crippen LogP contribution < -0.4 is 5.32 Å². The summed E-state index contributed by atoms with van der Waals surface area (Å²) in [6, 6.07) is 1.77. The summed E-state index contributed by atoms with van der Waals surface area (Å²) in [7, 11) is 0. The zero-order chi connectivity index (χ0) is 21.0. The molecule has 1 amide bonds. The van der Waals surface area contributed by atoms with Gasteiger partial charge >= 0.3 is 12.1 Å². The Labute approximate surface area is 175 Å². The number of hydrogen-bond donors (Lipinski definition) is 2. The Morgan fingerprint density at radius 1 is 1.31 bits per heavy atom. The maximum absolute atomic E-state index is 12.4. The van der Waals surface area contributed by atoms with Gasteiger partial charge in [-0.05, 0) is 33.3 Å². The van der Waals surface area contributed by atoms with E-state index in [4.69, 9.17) is 9.47 Å². The van der Waals surface area contributed by atoms with Crippen molar-refractivity contribution in [1.29, 1.82) is 0 Å². The van der Waals surface area contributed by atoms with Gasteiger partial charge in [0.25, 0.3) is 0 Å². The number of anilines is 1. The highest BCUT2D eigenvalue weighted by Gasteiger charge is 2.30. The molecule has 1 aromatic rings. The zero-order valence-electron chi connectivity index (χ0n) is 17.1. The molecule has 0 bridgehead atoms. The van der Waals surface area contributed by atoms with Gasteiger partial charge in [-0.2, -0.15) is 0 Å². The average molecular weight is 421 g/mol. The lowest BCUT2D eigenvalue weighted by Gasteiger charge is -2.25. The predicted octanol–water partition coefficient (Wildman–Crippen LogP) is 3.65. The molecular weight excluding hydrogens is 392 g/mol. The quantitative estimate of drug-likeness (QED) is 0.723. The Bertz CT molecular complexity index is 811. The van der Waals surface area contributed by atoms with Crippen LogP contribution >= 0.6 is 11.3 Å².